The number of aromatic nitrogens is 2. The molecule has 0 radical (unpaired) electrons. The Kier molecular flexibility index (Phi) is 6.79. The normalized spacial score (nSPS) is 12.0. The molecule has 0 saturated heterocycles. The lowest BCUT2D eigenvalue weighted by Crippen LogP contribution is -2.25. The topological polar surface area (TPSA) is 65.4 Å². The van der Waals surface area contributed by atoms with Crippen molar-refractivity contribution in [2.75, 3.05) is 20.8 Å². The third-order valence-electron chi connectivity index (χ3n) is 3.68. The van der Waals surface area contributed by atoms with E-state index in [2.05, 4.69) is 10.4 Å². The van der Waals surface area contributed by atoms with Crippen LogP contribution in [0.15, 0.2) is 18.2 Å². The third kappa shape index (κ3) is 5.05. The number of carbonyl (C=O) groups is 1. The number of nitrogens with one attached hydrogen (secondary N) is 1. The van der Waals surface area contributed by atoms with Crippen LogP contribution in [0.1, 0.15) is 28.2 Å². The van der Waals surface area contributed by atoms with Crippen LogP contribution >= 0.6 is 11.3 Å². The summed E-state index contributed by atoms with van der Waals surface area (Å²) in [6, 6.07) is 4.14. The Morgan fingerprint density at radius 3 is 2.62 bits per heavy atom. The summed E-state index contributed by atoms with van der Waals surface area (Å²) in [6.45, 7) is 0.442. The molecule has 1 amide bonds. The molecule has 2 rings (SSSR count). The molecule has 0 bridgehead atoms. The molecule has 144 valence electrons. The van der Waals surface area contributed by atoms with Gasteiger partial charge >= 0.3 is 6.18 Å². The van der Waals surface area contributed by atoms with Gasteiger partial charge < -0.3 is 14.8 Å². The molecular formula is C16H20F3N3O3S. The van der Waals surface area contributed by atoms with Crippen molar-refractivity contribution in [3.05, 3.63) is 28.8 Å². The minimum Gasteiger partial charge on any atom is -0.356 e. The summed E-state index contributed by atoms with van der Waals surface area (Å²) < 4.78 is 49.5. The van der Waals surface area contributed by atoms with Gasteiger partial charge in [-0.05, 0) is 24.6 Å². The summed E-state index contributed by atoms with van der Waals surface area (Å²) in [5.41, 5.74) is -0.648. The van der Waals surface area contributed by atoms with E-state index in [-0.39, 0.29) is 17.9 Å². The average Bonchev–Trinajstić information content (AvgIpc) is 3.21. The van der Waals surface area contributed by atoms with E-state index >= 15 is 0 Å². The standard InChI is InChI=1S/C16H20F3N3O3S/c1-22-13(16(17,18)19)9-10(21-22)11-6-7-12(26-11)15(23)20-8-4-5-14(24-2)25-3/h6-7,9,14H,4-5,8H2,1-3H3,(H,20,23). The summed E-state index contributed by atoms with van der Waals surface area (Å²) in [7, 11) is 4.32. The van der Waals surface area contributed by atoms with Gasteiger partial charge in [0, 0.05) is 34.2 Å². The van der Waals surface area contributed by atoms with Crippen LogP contribution in [0.3, 0.4) is 0 Å². The van der Waals surface area contributed by atoms with Crippen LogP contribution in [0.2, 0.25) is 0 Å². The van der Waals surface area contributed by atoms with Crippen LogP contribution in [0, 0.1) is 0 Å². The fourth-order valence-electron chi connectivity index (χ4n) is 2.34. The largest absolute Gasteiger partial charge is 0.433 e. The molecule has 2 heterocycles. The monoisotopic (exact) mass is 391 g/mol. The van der Waals surface area contributed by atoms with E-state index in [0.29, 0.717) is 29.1 Å². The van der Waals surface area contributed by atoms with Crippen molar-refractivity contribution in [3.63, 3.8) is 0 Å². The average molecular weight is 391 g/mol. The van der Waals surface area contributed by atoms with Gasteiger partial charge in [-0.1, -0.05) is 0 Å². The maximum Gasteiger partial charge on any atom is 0.433 e. The highest BCUT2D eigenvalue weighted by Crippen LogP contribution is 2.34. The van der Waals surface area contributed by atoms with E-state index in [1.54, 1.807) is 26.4 Å². The molecule has 0 aromatic carbocycles. The van der Waals surface area contributed by atoms with Gasteiger partial charge in [0.05, 0.1) is 9.75 Å². The smallest absolute Gasteiger partial charge is 0.356 e. The predicted molar refractivity (Wildman–Crippen MR) is 90.9 cm³/mol. The van der Waals surface area contributed by atoms with Gasteiger partial charge in [-0.2, -0.15) is 18.3 Å². The fourth-order valence-corrected chi connectivity index (χ4v) is 3.22. The first-order valence-electron chi connectivity index (χ1n) is 7.81. The molecule has 0 spiro atoms. The molecule has 26 heavy (non-hydrogen) atoms. The minimum atomic E-state index is -4.47. The van der Waals surface area contributed by atoms with Gasteiger partial charge in [0.15, 0.2) is 6.29 Å². The van der Waals surface area contributed by atoms with E-state index in [1.165, 1.54) is 7.05 Å². The molecule has 0 saturated carbocycles. The van der Waals surface area contributed by atoms with Crippen molar-refractivity contribution in [2.24, 2.45) is 7.05 Å². The van der Waals surface area contributed by atoms with Crippen molar-refractivity contribution in [2.45, 2.75) is 25.3 Å². The number of alkyl halides is 3. The lowest BCUT2D eigenvalue weighted by Gasteiger charge is -2.12. The number of halogens is 3. The molecule has 0 aliphatic rings. The number of hydrogen-bond donors (Lipinski definition) is 1. The van der Waals surface area contributed by atoms with Gasteiger partial charge in [-0.3, -0.25) is 9.48 Å². The molecule has 0 fully saturated rings. The number of rotatable bonds is 8. The molecular weight excluding hydrogens is 371 g/mol. The van der Waals surface area contributed by atoms with E-state index < -0.39 is 11.9 Å². The zero-order chi connectivity index (χ0) is 19.3. The van der Waals surface area contributed by atoms with E-state index in [1.807, 2.05) is 0 Å². The van der Waals surface area contributed by atoms with Crippen molar-refractivity contribution in [3.8, 4) is 10.6 Å². The molecule has 0 unspecified atom stereocenters. The maximum absolute atomic E-state index is 12.9. The Labute approximate surface area is 152 Å². The maximum atomic E-state index is 12.9. The molecule has 1 N–H and O–H groups in total. The van der Waals surface area contributed by atoms with Gasteiger partial charge in [-0.25, -0.2) is 0 Å². The van der Waals surface area contributed by atoms with Crippen molar-refractivity contribution in [1.29, 1.82) is 0 Å². The van der Waals surface area contributed by atoms with Gasteiger partial charge in [0.1, 0.15) is 11.4 Å². The summed E-state index contributed by atoms with van der Waals surface area (Å²) >= 11 is 1.10. The molecule has 2 aromatic heterocycles. The van der Waals surface area contributed by atoms with Crippen molar-refractivity contribution < 1.29 is 27.4 Å². The highest BCUT2D eigenvalue weighted by atomic mass is 32.1. The summed E-state index contributed by atoms with van der Waals surface area (Å²) in [5.74, 6) is -0.278. The summed E-state index contributed by atoms with van der Waals surface area (Å²) in [4.78, 5) is 13.0. The molecule has 10 heteroatoms. The van der Waals surface area contributed by atoms with Gasteiger partial charge in [-0.15, -0.1) is 11.3 Å². The number of thiophene rings is 1. The highest BCUT2D eigenvalue weighted by molar-refractivity contribution is 7.17. The third-order valence-corrected chi connectivity index (χ3v) is 4.79. The first-order valence-corrected chi connectivity index (χ1v) is 8.63. The molecule has 0 aliphatic carbocycles. The first kappa shape index (κ1) is 20.4. The SMILES string of the molecule is COC(CCCNC(=O)c1ccc(-c2cc(C(F)(F)F)n(C)n2)s1)OC. The molecule has 0 atom stereocenters. The fraction of sp³-hybridized carbons (Fsp3) is 0.500. The number of methoxy groups -OCH3 is 2. The zero-order valence-electron chi connectivity index (χ0n) is 14.6. The second-order valence-electron chi connectivity index (χ2n) is 5.50. The number of carbonyl (C=O) groups excluding carboxylic acids is 1. The minimum absolute atomic E-state index is 0.187. The second kappa shape index (κ2) is 8.65. The van der Waals surface area contributed by atoms with E-state index in [4.69, 9.17) is 9.47 Å². The number of nitrogens with zero attached hydrogens (tertiary/aromatic N) is 2. The summed E-state index contributed by atoms with van der Waals surface area (Å²) in [5, 5.41) is 6.64. The van der Waals surface area contributed by atoms with Crippen LogP contribution in [0.4, 0.5) is 13.2 Å². The zero-order valence-corrected chi connectivity index (χ0v) is 15.4. The Balaban J connectivity index is 1.96. The number of aryl methyl sites for hydroxylation is 1. The Bertz CT molecular complexity index is 739. The lowest BCUT2D eigenvalue weighted by atomic mass is 10.3. The van der Waals surface area contributed by atoms with Gasteiger partial charge in [0.25, 0.3) is 5.91 Å². The molecule has 2 aromatic rings. The lowest BCUT2D eigenvalue weighted by molar-refractivity contribution is -0.143. The van der Waals surface area contributed by atoms with Crippen LogP contribution in [-0.4, -0.2) is 42.7 Å². The van der Waals surface area contributed by atoms with E-state index in [0.717, 1.165) is 22.1 Å². The predicted octanol–water partition coefficient (Wildman–Crippen LogP) is 3.30. The molecule has 6 nitrogen and oxygen atoms in total. The highest BCUT2D eigenvalue weighted by Gasteiger charge is 2.35. The van der Waals surface area contributed by atoms with Crippen LogP contribution < -0.4 is 5.32 Å². The first-order chi connectivity index (χ1) is 12.3. The van der Waals surface area contributed by atoms with Crippen molar-refractivity contribution in [1.82, 2.24) is 15.1 Å². The van der Waals surface area contributed by atoms with Crippen molar-refractivity contribution >= 4 is 17.2 Å². The number of amides is 1. The molecule has 0 aliphatic heterocycles. The van der Waals surface area contributed by atoms with E-state index in [9.17, 15) is 18.0 Å². The van der Waals surface area contributed by atoms with Crippen LogP contribution in [0.25, 0.3) is 10.6 Å². The summed E-state index contributed by atoms with van der Waals surface area (Å²) in [6.07, 6.45) is -3.48. The van der Waals surface area contributed by atoms with Gasteiger partial charge in [0.2, 0.25) is 0 Å². The number of hydrogen-bond acceptors (Lipinski definition) is 5. The Hall–Kier alpha value is -1.91. The quantitative estimate of drug-likeness (QED) is 0.554. The number of ether oxygens (including phenoxy) is 2. The Morgan fingerprint density at radius 1 is 1.35 bits per heavy atom. The van der Waals surface area contributed by atoms with Crippen LogP contribution in [0.5, 0.6) is 0 Å². The Morgan fingerprint density at radius 2 is 2.04 bits per heavy atom. The second-order valence-corrected chi connectivity index (χ2v) is 6.58. The van der Waals surface area contributed by atoms with Crippen LogP contribution in [-0.2, 0) is 22.7 Å².